The average molecular weight is 278 g/mol. The zero-order valence-electron chi connectivity index (χ0n) is 12.0. The number of nitrogens with one attached hydrogen (secondary N) is 2. The summed E-state index contributed by atoms with van der Waals surface area (Å²) in [5.74, 6) is -0.257. The highest BCUT2D eigenvalue weighted by Crippen LogP contribution is 2.11. The quantitative estimate of drug-likeness (QED) is 0.671. The van der Waals surface area contributed by atoms with Gasteiger partial charge in [-0.05, 0) is 36.5 Å². The molecule has 5 heteroatoms. The van der Waals surface area contributed by atoms with E-state index in [1.807, 2.05) is 0 Å². The minimum atomic E-state index is -0.889. The fourth-order valence-corrected chi connectivity index (χ4v) is 1.82. The first-order valence-electron chi connectivity index (χ1n) is 6.83. The van der Waals surface area contributed by atoms with Crippen molar-refractivity contribution in [1.82, 2.24) is 5.32 Å². The lowest BCUT2D eigenvalue weighted by Gasteiger charge is -2.09. The first-order valence-corrected chi connectivity index (χ1v) is 6.83. The number of carboxylic acid groups (broad SMARTS) is 1. The van der Waals surface area contributed by atoms with Crippen molar-refractivity contribution in [3.63, 3.8) is 0 Å². The van der Waals surface area contributed by atoms with Gasteiger partial charge in [-0.2, -0.15) is 0 Å². The topological polar surface area (TPSA) is 78.4 Å². The van der Waals surface area contributed by atoms with Crippen LogP contribution in [0, 0.1) is 5.92 Å². The Morgan fingerprint density at radius 2 is 2.05 bits per heavy atom. The Bertz CT molecular complexity index is 458. The molecule has 110 valence electrons. The number of urea groups is 1. The van der Waals surface area contributed by atoms with Gasteiger partial charge in [0.25, 0.3) is 0 Å². The van der Waals surface area contributed by atoms with Crippen molar-refractivity contribution in [2.24, 2.45) is 5.92 Å². The van der Waals surface area contributed by atoms with Crippen molar-refractivity contribution >= 4 is 17.7 Å². The molecule has 0 bridgehead atoms. The molecule has 2 amide bonds. The van der Waals surface area contributed by atoms with Gasteiger partial charge in [-0.15, -0.1) is 0 Å². The Kier molecular flexibility index (Phi) is 6.56. The number of hydrogen-bond donors (Lipinski definition) is 3. The molecule has 0 fully saturated rings. The number of carboxylic acids is 1. The van der Waals surface area contributed by atoms with Crippen molar-refractivity contribution in [2.45, 2.75) is 33.1 Å². The van der Waals surface area contributed by atoms with Gasteiger partial charge in [0.2, 0.25) is 0 Å². The van der Waals surface area contributed by atoms with Crippen LogP contribution in [0.25, 0.3) is 0 Å². The lowest BCUT2D eigenvalue weighted by molar-refractivity contribution is -0.136. The van der Waals surface area contributed by atoms with Gasteiger partial charge in [0.15, 0.2) is 0 Å². The predicted octanol–water partition coefficient (Wildman–Crippen LogP) is 2.87. The molecule has 0 aliphatic heterocycles. The average Bonchev–Trinajstić information content (AvgIpc) is 2.34. The molecule has 1 rings (SSSR count). The number of amides is 2. The SMILES string of the molecule is CC(C)CCCNC(=O)Nc1cccc(CC(=O)O)c1. The Balaban J connectivity index is 2.39. The van der Waals surface area contributed by atoms with Gasteiger partial charge in [0.1, 0.15) is 0 Å². The maximum absolute atomic E-state index is 11.7. The van der Waals surface area contributed by atoms with E-state index in [9.17, 15) is 9.59 Å². The van der Waals surface area contributed by atoms with E-state index in [0.29, 0.717) is 23.7 Å². The Hall–Kier alpha value is -2.04. The molecule has 0 aromatic heterocycles. The van der Waals surface area contributed by atoms with Crippen molar-refractivity contribution in [3.8, 4) is 0 Å². The van der Waals surface area contributed by atoms with Crippen LogP contribution in [0.4, 0.5) is 10.5 Å². The normalized spacial score (nSPS) is 10.3. The second kappa shape index (κ2) is 8.19. The third-order valence-corrected chi connectivity index (χ3v) is 2.78. The molecule has 0 radical (unpaired) electrons. The number of rotatable bonds is 7. The van der Waals surface area contributed by atoms with Gasteiger partial charge in [-0.1, -0.05) is 26.0 Å². The summed E-state index contributed by atoms with van der Waals surface area (Å²) in [6, 6.07) is 6.59. The molecule has 0 unspecified atom stereocenters. The molecule has 3 N–H and O–H groups in total. The number of hydrogen-bond acceptors (Lipinski definition) is 2. The summed E-state index contributed by atoms with van der Waals surface area (Å²) in [7, 11) is 0. The molecule has 5 nitrogen and oxygen atoms in total. The summed E-state index contributed by atoms with van der Waals surface area (Å²) < 4.78 is 0. The molecule has 0 saturated heterocycles. The van der Waals surface area contributed by atoms with Gasteiger partial charge in [-0.25, -0.2) is 4.79 Å². The smallest absolute Gasteiger partial charge is 0.319 e. The van der Waals surface area contributed by atoms with Gasteiger partial charge in [0.05, 0.1) is 6.42 Å². The molecule has 0 spiro atoms. The highest BCUT2D eigenvalue weighted by molar-refractivity contribution is 5.89. The molecule has 0 aliphatic rings. The molecule has 1 aromatic carbocycles. The lowest BCUT2D eigenvalue weighted by Crippen LogP contribution is -2.29. The Morgan fingerprint density at radius 1 is 1.30 bits per heavy atom. The molecular formula is C15H22N2O3. The predicted molar refractivity (Wildman–Crippen MR) is 78.9 cm³/mol. The van der Waals surface area contributed by atoms with Crippen LogP contribution >= 0.6 is 0 Å². The summed E-state index contributed by atoms with van der Waals surface area (Å²) >= 11 is 0. The molecule has 0 heterocycles. The first kappa shape index (κ1) is 16.0. The van der Waals surface area contributed by atoms with E-state index in [2.05, 4.69) is 24.5 Å². The first-order chi connectivity index (χ1) is 9.47. The molecule has 0 saturated carbocycles. The third-order valence-electron chi connectivity index (χ3n) is 2.78. The Morgan fingerprint density at radius 3 is 2.70 bits per heavy atom. The second-order valence-corrected chi connectivity index (χ2v) is 5.19. The summed E-state index contributed by atoms with van der Waals surface area (Å²) in [5.41, 5.74) is 1.26. The number of anilines is 1. The fourth-order valence-electron chi connectivity index (χ4n) is 1.82. The standard InChI is InChI=1S/C15H22N2O3/c1-11(2)5-4-8-16-15(20)17-13-7-3-6-12(9-13)10-14(18)19/h3,6-7,9,11H,4-5,8,10H2,1-2H3,(H,18,19)(H2,16,17,20). The monoisotopic (exact) mass is 278 g/mol. The van der Waals surface area contributed by atoms with Gasteiger partial charge < -0.3 is 15.7 Å². The zero-order valence-corrected chi connectivity index (χ0v) is 12.0. The number of aliphatic carboxylic acids is 1. The van der Waals surface area contributed by atoms with Crippen LogP contribution < -0.4 is 10.6 Å². The van der Waals surface area contributed by atoms with E-state index in [1.165, 1.54) is 0 Å². The van der Waals surface area contributed by atoms with Crippen LogP contribution in [0.1, 0.15) is 32.3 Å². The maximum Gasteiger partial charge on any atom is 0.319 e. The van der Waals surface area contributed by atoms with Crippen LogP contribution in [-0.2, 0) is 11.2 Å². The summed E-state index contributed by atoms with van der Waals surface area (Å²) in [6.45, 7) is 4.93. The van der Waals surface area contributed by atoms with E-state index in [-0.39, 0.29) is 12.5 Å². The lowest BCUT2D eigenvalue weighted by atomic mass is 10.1. The van der Waals surface area contributed by atoms with Crippen LogP contribution in [0.5, 0.6) is 0 Å². The van der Waals surface area contributed by atoms with Crippen LogP contribution in [0.15, 0.2) is 24.3 Å². The molecule has 20 heavy (non-hydrogen) atoms. The minimum Gasteiger partial charge on any atom is -0.481 e. The zero-order chi connectivity index (χ0) is 15.0. The summed E-state index contributed by atoms with van der Waals surface area (Å²) in [6.07, 6.45) is 1.98. The second-order valence-electron chi connectivity index (χ2n) is 5.19. The van der Waals surface area contributed by atoms with Crippen LogP contribution in [0.3, 0.4) is 0 Å². The van der Waals surface area contributed by atoms with Crippen LogP contribution in [0.2, 0.25) is 0 Å². The summed E-state index contributed by atoms with van der Waals surface area (Å²) in [5, 5.41) is 14.2. The van der Waals surface area contributed by atoms with E-state index in [1.54, 1.807) is 24.3 Å². The minimum absolute atomic E-state index is 0.0501. The van der Waals surface area contributed by atoms with E-state index >= 15 is 0 Å². The number of carbonyl (C=O) groups excluding carboxylic acids is 1. The van der Waals surface area contributed by atoms with Crippen molar-refractivity contribution < 1.29 is 14.7 Å². The Labute approximate surface area is 119 Å². The molecule has 0 atom stereocenters. The van der Waals surface area contributed by atoms with Crippen molar-refractivity contribution in [3.05, 3.63) is 29.8 Å². The van der Waals surface area contributed by atoms with Gasteiger partial charge in [0, 0.05) is 12.2 Å². The third kappa shape index (κ3) is 6.78. The summed E-state index contributed by atoms with van der Waals surface area (Å²) in [4.78, 5) is 22.3. The maximum atomic E-state index is 11.7. The van der Waals surface area contributed by atoms with Crippen molar-refractivity contribution in [1.29, 1.82) is 0 Å². The molecule has 1 aromatic rings. The van der Waals surface area contributed by atoms with Gasteiger partial charge in [-0.3, -0.25) is 4.79 Å². The fraction of sp³-hybridized carbons (Fsp3) is 0.467. The van der Waals surface area contributed by atoms with E-state index in [0.717, 1.165) is 12.8 Å². The molecular weight excluding hydrogens is 256 g/mol. The largest absolute Gasteiger partial charge is 0.481 e. The highest BCUT2D eigenvalue weighted by atomic mass is 16.4. The number of benzene rings is 1. The van der Waals surface area contributed by atoms with Crippen LogP contribution in [-0.4, -0.2) is 23.7 Å². The van der Waals surface area contributed by atoms with Crippen molar-refractivity contribution in [2.75, 3.05) is 11.9 Å². The number of carbonyl (C=O) groups is 2. The highest BCUT2D eigenvalue weighted by Gasteiger charge is 2.04. The van der Waals surface area contributed by atoms with Gasteiger partial charge >= 0.3 is 12.0 Å². The van der Waals surface area contributed by atoms with E-state index < -0.39 is 5.97 Å². The molecule has 0 aliphatic carbocycles. The van der Waals surface area contributed by atoms with E-state index in [4.69, 9.17) is 5.11 Å².